The highest BCUT2D eigenvalue weighted by Crippen LogP contribution is 2.28. The van der Waals surface area contributed by atoms with E-state index < -0.39 is 26.2 Å². The van der Waals surface area contributed by atoms with E-state index in [-0.39, 0.29) is 0 Å². The third-order valence-corrected chi connectivity index (χ3v) is 7.11. The molecule has 0 radical (unpaired) electrons. The molecule has 1 aliphatic heterocycles. The van der Waals surface area contributed by atoms with Crippen LogP contribution < -0.4 is 0 Å². The molecule has 2 aromatic rings. The van der Waals surface area contributed by atoms with Gasteiger partial charge >= 0.3 is 0 Å². The highest BCUT2D eigenvalue weighted by molar-refractivity contribution is 8.04. The number of allylic oxidation sites excluding steroid dienone is 4. The summed E-state index contributed by atoms with van der Waals surface area (Å²) in [5.41, 5.74) is 2.02. The van der Waals surface area contributed by atoms with Crippen LogP contribution in [0, 0.1) is 0 Å². The predicted octanol–water partition coefficient (Wildman–Crippen LogP) is 4.09. The molecule has 1 N–H and O–H groups in total. The second kappa shape index (κ2) is 8.97. The average molecular weight is 453 g/mol. The zero-order chi connectivity index (χ0) is 21.8. The Hall–Kier alpha value is -3.07. The van der Waals surface area contributed by atoms with E-state index in [1.165, 1.54) is 6.08 Å². The summed E-state index contributed by atoms with van der Waals surface area (Å²) in [6.45, 7) is 0.461. The molecular formula is C23H20N2O4S2. The quantitative estimate of drug-likeness (QED) is 0.691. The lowest BCUT2D eigenvalue weighted by molar-refractivity contribution is 0.479. The van der Waals surface area contributed by atoms with Crippen molar-refractivity contribution in [3.8, 4) is 0 Å². The van der Waals surface area contributed by atoms with Gasteiger partial charge in [-0.15, -0.1) is 0 Å². The van der Waals surface area contributed by atoms with Gasteiger partial charge in [-0.1, -0.05) is 72.8 Å². The zero-order valence-electron chi connectivity index (χ0n) is 16.4. The van der Waals surface area contributed by atoms with Gasteiger partial charge in [0.25, 0.3) is 10.1 Å². The van der Waals surface area contributed by atoms with Gasteiger partial charge in [-0.3, -0.25) is 4.55 Å². The molecule has 2 aliphatic rings. The van der Waals surface area contributed by atoms with Crippen LogP contribution in [0.3, 0.4) is 0 Å². The first-order chi connectivity index (χ1) is 14.9. The van der Waals surface area contributed by atoms with Gasteiger partial charge in [0.15, 0.2) is 0 Å². The lowest BCUT2D eigenvalue weighted by Gasteiger charge is -2.16. The van der Waals surface area contributed by atoms with Gasteiger partial charge in [0.2, 0.25) is 5.17 Å². The van der Waals surface area contributed by atoms with E-state index in [1.54, 1.807) is 35.4 Å². The van der Waals surface area contributed by atoms with Gasteiger partial charge < -0.3 is 4.90 Å². The fourth-order valence-electron chi connectivity index (χ4n) is 3.27. The molecule has 6 nitrogen and oxygen atoms in total. The van der Waals surface area contributed by atoms with Crippen LogP contribution >= 0.6 is 0 Å². The SMILES string of the molecule is O=S1C(C=C2C=CC=CC2S(=O)(=O)O)=CN(Cc2ccccc2)C1=Nc1ccccc1. The lowest BCUT2D eigenvalue weighted by atomic mass is 10.1. The molecule has 2 atom stereocenters. The molecule has 158 valence electrons. The molecule has 0 spiro atoms. The van der Waals surface area contributed by atoms with Gasteiger partial charge in [0.1, 0.15) is 16.0 Å². The van der Waals surface area contributed by atoms with Crippen LogP contribution in [0.4, 0.5) is 5.69 Å². The summed E-state index contributed by atoms with van der Waals surface area (Å²) in [5.74, 6) is 0. The second-order valence-corrected chi connectivity index (χ2v) is 9.88. The maximum absolute atomic E-state index is 13.3. The van der Waals surface area contributed by atoms with Crippen molar-refractivity contribution in [3.05, 3.63) is 113 Å². The fourth-order valence-corrected chi connectivity index (χ4v) is 5.25. The van der Waals surface area contributed by atoms with Crippen molar-refractivity contribution in [2.24, 2.45) is 4.99 Å². The van der Waals surface area contributed by atoms with Crippen LogP contribution in [-0.2, 0) is 27.5 Å². The van der Waals surface area contributed by atoms with Crippen molar-refractivity contribution < 1.29 is 17.2 Å². The Morgan fingerprint density at radius 1 is 1.03 bits per heavy atom. The monoisotopic (exact) mass is 452 g/mol. The first-order valence-electron chi connectivity index (χ1n) is 9.52. The molecule has 0 saturated carbocycles. The Bertz CT molecular complexity index is 1240. The minimum absolute atomic E-state index is 0.338. The van der Waals surface area contributed by atoms with Gasteiger partial charge in [-0.05, 0) is 29.3 Å². The summed E-state index contributed by atoms with van der Waals surface area (Å²) in [6, 6.07) is 19.0. The number of hydrogen-bond donors (Lipinski definition) is 1. The number of hydrogen-bond acceptors (Lipinski definition) is 4. The Labute approximate surface area is 183 Å². The summed E-state index contributed by atoms with van der Waals surface area (Å²) in [4.78, 5) is 6.80. The Morgan fingerprint density at radius 2 is 1.71 bits per heavy atom. The molecule has 1 aliphatic carbocycles. The summed E-state index contributed by atoms with van der Waals surface area (Å²) in [6.07, 6.45) is 9.46. The highest BCUT2D eigenvalue weighted by Gasteiger charge is 2.30. The summed E-state index contributed by atoms with van der Waals surface area (Å²) < 4.78 is 46.4. The van der Waals surface area contributed by atoms with Gasteiger partial charge in [-0.25, -0.2) is 9.20 Å². The predicted molar refractivity (Wildman–Crippen MR) is 123 cm³/mol. The molecule has 31 heavy (non-hydrogen) atoms. The number of rotatable bonds is 5. The molecule has 2 unspecified atom stereocenters. The summed E-state index contributed by atoms with van der Waals surface area (Å²) >= 11 is 0. The highest BCUT2D eigenvalue weighted by atomic mass is 32.2. The normalized spacial score (nSPS) is 23.5. The fraction of sp³-hybridized carbons (Fsp3) is 0.0870. The number of amidine groups is 1. The lowest BCUT2D eigenvalue weighted by Crippen LogP contribution is -2.23. The van der Waals surface area contributed by atoms with Crippen molar-refractivity contribution in [3.63, 3.8) is 0 Å². The third-order valence-electron chi connectivity index (χ3n) is 4.73. The molecule has 1 heterocycles. The van der Waals surface area contributed by atoms with Gasteiger partial charge in [0, 0.05) is 12.7 Å². The molecular weight excluding hydrogens is 432 g/mol. The van der Waals surface area contributed by atoms with E-state index in [2.05, 4.69) is 4.99 Å². The van der Waals surface area contributed by atoms with Crippen molar-refractivity contribution >= 4 is 31.8 Å². The molecule has 8 heteroatoms. The average Bonchev–Trinajstić information content (AvgIpc) is 3.04. The smallest absolute Gasteiger partial charge is 0.275 e. The Kier molecular flexibility index (Phi) is 6.13. The summed E-state index contributed by atoms with van der Waals surface area (Å²) in [5, 5.41) is -0.839. The minimum atomic E-state index is -4.33. The molecule has 4 rings (SSSR count). The van der Waals surface area contributed by atoms with E-state index in [0.29, 0.717) is 27.9 Å². The van der Waals surface area contributed by atoms with Crippen molar-refractivity contribution in [2.45, 2.75) is 11.8 Å². The van der Waals surface area contributed by atoms with Gasteiger partial charge in [0.05, 0.1) is 10.6 Å². The number of para-hydroxylation sites is 1. The summed E-state index contributed by atoms with van der Waals surface area (Å²) in [7, 11) is -5.95. The van der Waals surface area contributed by atoms with Crippen LogP contribution in [0.5, 0.6) is 0 Å². The first kappa shape index (κ1) is 21.2. The number of aliphatic imine (C=N–C) groups is 1. The maximum atomic E-state index is 13.3. The van der Waals surface area contributed by atoms with E-state index in [9.17, 15) is 17.2 Å². The molecule has 0 saturated heterocycles. The van der Waals surface area contributed by atoms with E-state index >= 15 is 0 Å². The standard InChI is InChI=1S/C23H20N2O4S2/c26-30-21(15-19-11-7-8-14-22(19)31(27,28)29)17-25(16-18-9-3-1-4-10-18)23(30)24-20-12-5-2-6-13-20/h1-15,17,22H,16H2,(H,27,28,29). The molecule has 0 fully saturated rings. The minimum Gasteiger partial charge on any atom is -0.320 e. The maximum Gasteiger partial charge on any atom is 0.275 e. The van der Waals surface area contributed by atoms with Crippen LogP contribution in [0.2, 0.25) is 0 Å². The van der Waals surface area contributed by atoms with Crippen LogP contribution in [-0.4, -0.2) is 32.5 Å². The topological polar surface area (TPSA) is 87.0 Å². The largest absolute Gasteiger partial charge is 0.320 e. The van der Waals surface area contributed by atoms with Crippen LogP contribution in [0.1, 0.15) is 5.56 Å². The van der Waals surface area contributed by atoms with Crippen molar-refractivity contribution in [1.29, 1.82) is 0 Å². The van der Waals surface area contributed by atoms with E-state index in [1.807, 2.05) is 60.7 Å². The van der Waals surface area contributed by atoms with E-state index in [4.69, 9.17) is 0 Å². The third kappa shape index (κ3) is 4.99. The molecule has 0 aromatic heterocycles. The Balaban J connectivity index is 1.73. The number of benzene rings is 2. The molecule has 0 amide bonds. The van der Waals surface area contributed by atoms with Crippen LogP contribution in [0.15, 0.2) is 113 Å². The van der Waals surface area contributed by atoms with Crippen LogP contribution in [0.25, 0.3) is 0 Å². The van der Waals surface area contributed by atoms with Crippen molar-refractivity contribution in [2.75, 3.05) is 0 Å². The Morgan fingerprint density at radius 3 is 2.39 bits per heavy atom. The number of nitrogens with zero attached hydrogens (tertiary/aromatic N) is 2. The second-order valence-electron chi connectivity index (χ2n) is 6.97. The zero-order valence-corrected chi connectivity index (χ0v) is 18.0. The first-order valence-corrected chi connectivity index (χ1v) is 12.2. The molecule has 2 aromatic carbocycles. The van der Waals surface area contributed by atoms with Gasteiger partial charge in [-0.2, -0.15) is 8.42 Å². The van der Waals surface area contributed by atoms with E-state index in [0.717, 1.165) is 5.56 Å². The molecule has 0 bridgehead atoms. The van der Waals surface area contributed by atoms with Crippen molar-refractivity contribution in [1.82, 2.24) is 4.90 Å².